The van der Waals surface area contributed by atoms with E-state index in [2.05, 4.69) is 4.72 Å². The molecule has 112 valence electrons. The number of sulfonamides is 1. The SMILES string of the molecule is CSCCCNS(=O)(=O)c1cc(C(=O)O)cc(F)c1F. The third-order valence-corrected chi connectivity index (χ3v) is 4.51. The lowest BCUT2D eigenvalue weighted by atomic mass is 10.2. The molecule has 0 aliphatic rings. The van der Waals surface area contributed by atoms with Crippen molar-refractivity contribution >= 4 is 27.8 Å². The van der Waals surface area contributed by atoms with E-state index < -0.39 is 38.1 Å². The van der Waals surface area contributed by atoms with E-state index in [4.69, 9.17) is 5.11 Å². The van der Waals surface area contributed by atoms with E-state index in [1.54, 1.807) is 0 Å². The third-order valence-electron chi connectivity index (χ3n) is 2.35. The Morgan fingerprint density at radius 2 is 2.05 bits per heavy atom. The van der Waals surface area contributed by atoms with Gasteiger partial charge in [0.15, 0.2) is 11.6 Å². The molecule has 0 radical (unpaired) electrons. The van der Waals surface area contributed by atoms with E-state index in [1.165, 1.54) is 11.8 Å². The van der Waals surface area contributed by atoms with Gasteiger partial charge >= 0.3 is 5.97 Å². The molecule has 0 atom stereocenters. The zero-order valence-corrected chi connectivity index (χ0v) is 12.2. The number of aromatic carboxylic acids is 1. The van der Waals surface area contributed by atoms with Gasteiger partial charge in [-0.3, -0.25) is 0 Å². The van der Waals surface area contributed by atoms with E-state index in [0.717, 1.165) is 0 Å². The van der Waals surface area contributed by atoms with Gasteiger partial charge < -0.3 is 5.11 Å². The second kappa shape index (κ2) is 7.00. The first-order valence-electron chi connectivity index (χ1n) is 5.50. The van der Waals surface area contributed by atoms with E-state index in [0.29, 0.717) is 24.3 Å². The predicted molar refractivity (Wildman–Crippen MR) is 71.5 cm³/mol. The van der Waals surface area contributed by atoms with Crippen molar-refractivity contribution < 1.29 is 27.1 Å². The van der Waals surface area contributed by atoms with Crippen LogP contribution in [-0.4, -0.2) is 38.0 Å². The summed E-state index contributed by atoms with van der Waals surface area (Å²) in [4.78, 5) is 9.73. The lowest BCUT2D eigenvalue weighted by molar-refractivity contribution is 0.0696. The molecule has 0 bridgehead atoms. The van der Waals surface area contributed by atoms with Gasteiger partial charge in [0, 0.05) is 6.54 Å². The summed E-state index contributed by atoms with van der Waals surface area (Å²) in [6, 6.07) is 1.03. The van der Waals surface area contributed by atoms with E-state index in [9.17, 15) is 22.0 Å². The third kappa shape index (κ3) is 4.15. The summed E-state index contributed by atoms with van der Waals surface area (Å²) in [6.07, 6.45) is 2.36. The molecule has 0 spiro atoms. The van der Waals surface area contributed by atoms with Gasteiger partial charge in [-0.15, -0.1) is 0 Å². The Labute approximate surface area is 119 Å². The van der Waals surface area contributed by atoms with Crippen LogP contribution in [0, 0.1) is 11.6 Å². The van der Waals surface area contributed by atoms with Crippen molar-refractivity contribution in [2.24, 2.45) is 0 Å². The Balaban J connectivity index is 3.07. The fourth-order valence-electron chi connectivity index (χ4n) is 1.38. The largest absolute Gasteiger partial charge is 0.478 e. The lowest BCUT2D eigenvalue weighted by Gasteiger charge is -2.09. The molecule has 0 amide bonds. The number of rotatable bonds is 7. The number of benzene rings is 1. The molecule has 1 rings (SSSR count). The smallest absolute Gasteiger partial charge is 0.335 e. The fraction of sp³-hybridized carbons (Fsp3) is 0.364. The van der Waals surface area contributed by atoms with Crippen molar-refractivity contribution in [3.63, 3.8) is 0 Å². The average Bonchev–Trinajstić information content (AvgIpc) is 2.37. The standard InChI is InChI=1S/C11H13F2NO4S2/c1-19-4-2-3-14-20(17,18)9-6-7(11(15)16)5-8(12)10(9)13/h5-6,14H,2-4H2,1H3,(H,15,16). The van der Waals surface area contributed by atoms with Gasteiger partial charge in [0.2, 0.25) is 10.0 Å². The number of thioether (sulfide) groups is 1. The second-order valence-electron chi connectivity index (χ2n) is 3.82. The molecule has 0 aliphatic carbocycles. The highest BCUT2D eigenvalue weighted by atomic mass is 32.2. The Hall–Kier alpha value is -1.19. The maximum Gasteiger partial charge on any atom is 0.335 e. The van der Waals surface area contributed by atoms with Gasteiger partial charge in [-0.25, -0.2) is 26.7 Å². The zero-order valence-electron chi connectivity index (χ0n) is 10.5. The summed E-state index contributed by atoms with van der Waals surface area (Å²) < 4.78 is 52.5. The Morgan fingerprint density at radius 1 is 1.40 bits per heavy atom. The Bertz CT molecular complexity index is 605. The molecule has 0 saturated carbocycles. The van der Waals surface area contributed by atoms with Crippen LogP contribution < -0.4 is 4.72 Å². The normalized spacial score (nSPS) is 11.6. The van der Waals surface area contributed by atoms with Crippen molar-refractivity contribution in [1.29, 1.82) is 0 Å². The van der Waals surface area contributed by atoms with Crippen LogP contribution in [0.5, 0.6) is 0 Å². The molecular formula is C11H13F2NO4S2. The Morgan fingerprint density at radius 3 is 2.60 bits per heavy atom. The number of carbonyl (C=O) groups is 1. The van der Waals surface area contributed by atoms with Crippen molar-refractivity contribution in [1.82, 2.24) is 4.72 Å². The summed E-state index contributed by atoms with van der Waals surface area (Å²) in [5.41, 5.74) is -0.631. The first-order chi connectivity index (χ1) is 9.29. The van der Waals surface area contributed by atoms with Crippen LogP contribution in [0.3, 0.4) is 0 Å². The van der Waals surface area contributed by atoms with Crippen molar-refractivity contribution in [2.45, 2.75) is 11.3 Å². The summed E-state index contributed by atoms with van der Waals surface area (Å²) >= 11 is 1.51. The van der Waals surface area contributed by atoms with Gasteiger partial charge in [-0.2, -0.15) is 11.8 Å². The average molecular weight is 325 g/mol. The maximum atomic E-state index is 13.5. The molecule has 0 aromatic heterocycles. The van der Waals surface area contributed by atoms with Gasteiger partial charge in [0.1, 0.15) is 4.90 Å². The summed E-state index contributed by atoms with van der Waals surface area (Å²) in [5.74, 6) is -3.95. The van der Waals surface area contributed by atoms with E-state index in [-0.39, 0.29) is 6.54 Å². The molecule has 0 saturated heterocycles. The summed E-state index contributed by atoms with van der Waals surface area (Å²) in [6.45, 7) is 0.0571. The lowest BCUT2D eigenvalue weighted by Crippen LogP contribution is -2.26. The highest BCUT2D eigenvalue weighted by molar-refractivity contribution is 7.98. The molecule has 0 heterocycles. The Kier molecular flexibility index (Phi) is 5.90. The monoisotopic (exact) mass is 325 g/mol. The van der Waals surface area contributed by atoms with Gasteiger partial charge in [-0.1, -0.05) is 0 Å². The van der Waals surface area contributed by atoms with Crippen molar-refractivity contribution in [3.05, 3.63) is 29.3 Å². The van der Waals surface area contributed by atoms with Crippen LogP contribution >= 0.6 is 11.8 Å². The fourth-order valence-corrected chi connectivity index (χ4v) is 3.00. The topological polar surface area (TPSA) is 83.5 Å². The number of hydrogen-bond acceptors (Lipinski definition) is 4. The maximum absolute atomic E-state index is 13.5. The van der Waals surface area contributed by atoms with Crippen molar-refractivity contribution in [3.8, 4) is 0 Å². The summed E-state index contributed by atoms with van der Waals surface area (Å²) in [7, 11) is -4.29. The van der Waals surface area contributed by atoms with Crippen LogP contribution in [0.1, 0.15) is 16.8 Å². The second-order valence-corrected chi connectivity index (χ2v) is 6.54. The van der Waals surface area contributed by atoms with Gasteiger partial charge in [-0.05, 0) is 30.6 Å². The summed E-state index contributed by atoms with van der Waals surface area (Å²) in [5, 5.41) is 8.73. The van der Waals surface area contributed by atoms with Gasteiger partial charge in [0.05, 0.1) is 5.56 Å². The first-order valence-corrected chi connectivity index (χ1v) is 8.38. The molecule has 1 aromatic rings. The van der Waals surface area contributed by atoms with Crippen LogP contribution in [0.2, 0.25) is 0 Å². The minimum Gasteiger partial charge on any atom is -0.478 e. The zero-order chi connectivity index (χ0) is 15.3. The number of carboxylic acid groups (broad SMARTS) is 1. The highest BCUT2D eigenvalue weighted by Crippen LogP contribution is 2.20. The quantitative estimate of drug-likeness (QED) is 0.746. The van der Waals surface area contributed by atoms with E-state index in [1.807, 2.05) is 6.26 Å². The number of nitrogens with one attached hydrogen (secondary N) is 1. The molecule has 20 heavy (non-hydrogen) atoms. The molecule has 5 nitrogen and oxygen atoms in total. The number of hydrogen-bond donors (Lipinski definition) is 2. The van der Waals surface area contributed by atoms with Crippen LogP contribution in [0.15, 0.2) is 17.0 Å². The predicted octanol–water partition coefficient (Wildman–Crippen LogP) is 1.69. The van der Waals surface area contributed by atoms with Crippen LogP contribution in [-0.2, 0) is 10.0 Å². The molecule has 0 aliphatic heterocycles. The van der Waals surface area contributed by atoms with Crippen LogP contribution in [0.25, 0.3) is 0 Å². The molecule has 0 unspecified atom stereocenters. The first kappa shape index (κ1) is 16.9. The minimum absolute atomic E-state index is 0.0571. The molecule has 9 heteroatoms. The highest BCUT2D eigenvalue weighted by Gasteiger charge is 2.24. The van der Waals surface area contributed by atoms with Gasteiger partial charge in [0.25, 0.3) is 0 Å². The van der Waals surface area contributed by atoms with E-state index >= 15 is 0 Å². The molecule has 0 fully saturated rings. The van der Waals surface area contributed by atoms with Crippen molar-refractivity contribution in [2.75, 3.05) is 18.6 Å². The number of carboxylic acids is 1. The molecule has 2 N–H and O–H groups in total. The number of halogens is 2. The minimum atomic E-state index is -4.29. The molecule has 1 aromatic carbocycles. The van der Waals surface area contributed by atoms with Crippen LogP contribution in [0.4, 0.5) is 8.78 Å². The molecular weight excluding hydrogens is 312 g/mol.